The fourth-order valence-electron chi connectivity index (χ4n) is 3.54. The van der Waals surface area contributed by atoms with Gasteiger partial charge in [-0.05, 0) is 42.0 Å². The van der Waals surface area contributed by atoms with Crippen LogP contribution in [0.3, 0.4) is 0 Å². The number of phenolic OH excluding ortho intramolecular Hbond substituents is 1. The Bertz CT molecular complexity index is 1420. The molecule has 4 aromatic rings. The van der Waals surface area contributed by atoms with Crippen molar-refractivity contribution in [3.8, 4) is 39.6 Å². The zero-order chi connectivity index (χ0) is 22.3. The van der Waals surface area contributed by atoms with Crippen molar-refractivity contribution in [2.24, 2.45) is 14.1 Å². The molecule has 0 bridgehead atoms. The Morgan fingerprint density at radius 3 is 2.19 bits per heavy atom. The monoisotopic (exact) mass is 419 g/mol. The zero-order valence-corrected chi connectivity index (χ0v) is 17.5. The number of fused-ring (bicyclic) bond motifs is 1. The van der Waals surface area contributed by atoms with Crippen LogP contribution >= 0.6 is 0 Å². The van der Waals surface area contributed by atoms with Crippen molar-refractivity contribution < 1.29 is 14.6 Å². The topological polar surface area (TPSA) is 95.6 Å². The molecule has 8 nitrogen and oxygen atoms in total. The molecule has 2 aromatic carbocycles. The van der Waals surface area contributed by atoms with Crippen LogP contribution in [0.5, 0.6) is 17.2 Å². The molecule has 8 heteroatoms. The molecule has 0 aliphatic carbocycles. The van der Waals surface area contributed by atoms with Crippen LogP contribution in [0.1, 0.15) is 0 Å². The minimum absolute atomic E-state index is 0.00341. The maximum Gasteiger partial charge on any atom is 0.332 e. The van der Waals surface area contributed by atoms with Crippen molar-refractivity contribution in [3.63, 3.8) is 0 Å². The molecule has 1 N–H and O–H groups in total. The van der Waals surface area contributed by atoms with Crippen LogP contribution in [-0.4, -0.2) is 33.4 Å². The molecule has 0 amide bonds. The van der Waals surface area contributed by atoms with E-state index in [-0.39, 0.29) is 11.4 Å². The number of phenols is 1. The van der Waals surface area contributed by atoms with Gasteiger partial charge in [0, 0.05) is 25.2 Å². The minimum Gasteiger partial charge on any atom is -0.504 e. The SMILES string of the molecule is COc1ccc(-c2cc(-c3ccc(O)c(OC)c3)nc3c2c(=O)n(C)c(=O)n3C)cc1. The number of ether oxygens (including phenoxy) is 2. The number of aryl methyl sites for hydroxylation is 1. The first-order chi connectivity index (χ1) is 14.8. The van der Waals surface area contributed by atoms with Crippen LogP contribution in [0.2, 0.25) is 0 Å². The molecule has 4 rings (SSSR count). The summed E-state index contributed by atoms with van der Waals surface area (Å²) in [4.78, 5) is 30.2. The molecular weight excluding hydrogens is 398 g/mol. The number of rotatable bonds is 4. The van der Waals surface area contributed by atoms with Gasteiger partial charge in [-0.15, -0.1) is 0 Å². The highest BCUT2D eigenvalue weighted by Crippen LogP contribution is 2.34. The fourth-order valence-corrected chi connectivity index (χ4v) is 3.54. The average molecular weight is 419 g/mol. The number of nitrogens with zero attached hydrogens (tertiary/aromatic N) is 3. The largest absolute Gasteiger partial charge is 0.504 e. The van der Waals surface area contributed by atoms with Crippen molar-refractivity contribution in [3.05, 3.63) is 69.4 Å². The summed E-state index contributed by atoms with van der Waals surface area (Å²) in [6, 6.07) is 14.0. The molecular formula is C23H21N3O5. The van der Waals surface area contributed by atoms with E-state index in [4.69, 9.17) is 9.47 Å². The highest BCUT2D eigenvalue weighted by molar-refractivity contribution is 5.94. The first-order valence-corrected chi connectivity index (χ1v) is 9.48. The van der Waals surface area contributed by atoms with Crippen LogP contribution < -0.4 is 20.7 Å². The van der Waals surface area contributed by atoms with E-state index in [1.165, 1.54) is 24.8 Å². The molecule has 31 heavy (non-hydrogen) atoms. The third-order valence-electron chi connectivity index (χ3n) is 5.29. The lowest BCUT2D eigenvalue weighted by Gasteiger charge is -2.14. The van der Waals surface area contributed by atoms with Crippen molar-refractivity contribution >= 4 is 11.0 Å². The molecule has 0 unspecified atom stereocenters. The number of benzene rings is 2. The Balaban J connectivity index is 2.10. The molecule has 158 valence electrons. The van der Waals surface area contributed by atoms with Crippen LogP contribution in [0.25, 0.3) is 33.4 Å². The molecule has 0 saturated heterocycles. The number of methoxy groups -OCH3 is 2. The van der Waals surface area contributed by atoms with E-state index in [1.54, 1.807) is 44.5 Å². The third-order valence-corrected chi connectivity index (χ3v) is 5.29. The molecule has 0 radical (unpaired) electrons. The summed E-state index contributed by atoms with van der Waals surface area (Å²) < 4.78 is 12.9. The Morgan fingerprint density at radius 1 is 0.871 bits per heavy atom. The van der Waals surface area contributed by atoms with Gasteiger partial charge in [-0.25, -0.2) is 9.78 Å². The van der Waals surface area contributed by atoms with Crippen molar-refractivity contribution in [2.75, 3.05) is 14.2 Å². The van der Waals surface area contributed by atoms with E-state index < -0.39 is 11.2 Å². The third kappa shape index (κ3) is 3.31. The maximum atomic E-state index is 13.0. The van der Waals surface area contributed by atoms with Gasteiger partial charge in [0.05, 0.1) is 25.3 Å². The average Bonchev–Trinajstić information content (AvgIpc) is 2.80. The van der Waals surface area contributed by atoms with E-state index in [0.29, 0.717) is 33.7 Å². The van der Waals surface area contributed by atoms with E-state index >= 15 is 0 Å². The second kappa shape index (κ2) is 7.64. The first-order valence-electron chi connectivity index (χ1n) is 9.48. The highest BCUT2D eigenvalue weighted by atomic mass is 16.5. The summed E-state index contributed by atoms with van der Waals surface area (Å²) in [5, 5.41) is 10.3. The Morgan fingerprint density at radius 2 is 1.55 bits per heavy atom. The number of hydrogen-bond acceptors (Lipinski definition) is 6. The molecule has 0 aliphatic heterocycles. The second-order valence-corrected chi connectivity index (χ2v) is 7.07. The number of hydrogen-bond donors (Lipinski definition) is 1. The summed E-state index contributed by atoms with van der Waals surface area (Å²) in [7, 11) is 6.07. The van der Waals surface area contributed by atoms with Crippen molar-refractivity contribution in [2.45, 2.75) is 0 Å². The fraction of sp³-hybridized carbons (Fsp3) is 0.174. The predicted octanol–water partition coefficient (Wildman–Crippen LogP) is 2.69. The molecule has 2 heterocycles. The van der Waals surface area contributed by atoms with Gasteiger partial charge < -0.3 is 14.6 Å². The lowest BCUT2D eigenvalue weighted by Crippen LogP contribution is -2.37. The van der Waals surface area contributed by atoms with Gasteiger partial charge in [0.15, 0.2) is 17.1 Å². The summed E-state index contributed by atoms with van der Waals surface area (Å²) >= 11 is 0. The van der Waals surface area contributed by atoms with E-state index in [9.17, 15) is 14.7 Å². The molecule has 0 spiro atoms. The van der Waals surface area contributed by atoms with Gasteiger partial charge >= 0.3 is 5.69 Å². The standard InChI is InChI=1S/C23H21N3O5/c1-25-21-20(22(28)26(2)23(25)29)16(13-5-8-15(30-3)9-6-13)12-17(24-21)14-7-10-18(27)19(11-14)31-4/h5-12,27H,1-4H3. The van der Waals surface area contributed by atoms with Crippen molar-refractivity contribution in [1.29, 1.82) is 0 Å². The van der Waals surface area contributed by atoms with E-state index in [1.807, 2.05) is 12.1 Å². The van der Waals surface area contributed by atoms with Gasteiger partial charge in [-0.2, -0.15) is 0 Å². The van der Waals surface area contributed by atoms with Crippen LogP contribution in [0, 0.1) is 0 Å². The molecule has 0 saturated carbocycles. The van der Waals surface area contributed by atoms with Gasteiger partial charge in [-0.1, -0.05) is 12.1 Å². The van der Waals surface area contributed by atoms with Gasteiger partial charge in [-0.3, -0.25) is 13.9 Å². The van der Waals surface area contributed by atoms with Crippen LogP contribution in [-0.2, 0) is 14.1 Å². The zero-order valence-electron chi connectivity index (χ0n) is 17.5. The number of aromatic nitrogens is 3. The highest BCUT2D eigenvalue weighted by Gasteiger charge is 2.18. The second-order valence-electron chi connectivity index (χ2n) is 7.07. The van der Waals surface area contributed by atoms with E-state index in [2.05, 4.69) is 4.98 Å². The summed E-state index contributed by atoms with van der Waals surface area (Å²) in [5.74, 6) is 0.984. The minimum atomic E-state index is -0.467. The number of aromatic hydroxyl groups is 1. The number of pyridine rings is 1. The quantitative estimate of drug-likeness (QED) is 0.547. The molecule has 0 aliphatic rings. The first kappa shape index (κ1) is 20.2. The van der Waals surface area contributed by atoms with Crippen molar-refractivity contribution in [1.82, 2.24) is 14.1 Å². The molecule has 0 atom stereocenters. The maximum absolute atomic E-state index is 13.0. The lowest BCUT2D eigenvalue weighted by molar-refractivity contribution is 0.373. The van der Waals surface area contributed by atoms with Crippen LogP contribution in [0.4, 0.5) is 0 Å². The smallest absolute Gasteiger partial charge is 0.332 e. The van der Waals surface area contributed by atoms with Gasteiger partial charge in [0.1, 0.15) is 5.75 Å². The normalized spacial score (nSPS) is 11.0. The molecule has 0 fully saturated rings. The molecule has 2 aromatic heterocycles. The van der Waals surface area contributed by atoms with Crippen LogP contribution in [0.15, 0.2) is 58.1 Å². The summed E-state index contributed by atoms with van der Waals surface area (Å²) in [5.41, 5.74) is 1.97. The van der Waals surface area contributed by atoms with E-state index in [0.717, 1.165) is 10.1 Å². The Kier molecular flexibility index (Phi) is 4.98. The lowest BCUT2D eigenvalue weighted by atomic mass is 9.99. The van der Waals surface area contributed by atoms with Gasteiger partial charge in [0.25, 0.3) is 5.56 Å². The summed E-state index contributed by atoms with van der Waals surface area (Å²) in [6.45, 7) is 0. The van der Waals surface area contributed by atoms with Gasteiger partial charge in [0.2, 0.25) is 0 Å². The summed E-state index contributed by atoms with van der Waals surface area (Å²) in [6.07, 6.45) is 0. The Hall–Kier alpha value is -4.07. The Labute approximate surface area is 177 Å². The predicted molar refractivity (Wildman–Crippen MR) is 118 cm³/mol.